The Kier molecular flexibility index (Phi) is 5.09. The molecule has 0 bridgehead atoms. The van der Waals surface area contributed by atoms with Crippen LogP contribution >= 0.6 is 31.9 Å². The Morgan fingerprint density at radius 2 is 2.00 bits per heavy atom. The van der Waals surface area contributed by atoms with E-state index in [4.69, 9.17) is 4.74 Å². The van der Waals surface area contributed by atoms with E-state index in [-0.39, 0.29) is 5.97 Å². The van der Waals surface area contributed by atoms with E-state index < -0.39 is 5.60 Å². The van der Waals surface area contributed by atoms with E-state index in [0.29, 0.717) is 10.9 Å². The molecule has 0 amide bonds. The average Bonchev–Trinajstić information content (AvgIpc) is 1.85. The van der Waals surface area contributed by atoms with Crippen LogP contribution in [-0.4, -0.2) is 16.9 Å². The maximum absolute atomic E-state index is 11.3. The fourth-order valence-electron chi connectivity index (χ4n) is 0.472. The van der Waals surface area contributed by atoms with Crippen molar-refractivity contribution in [2.45, 2.75) is 26.4 Å². The molecule has 2 nitrogen and oxygen atoms in total. The highest BCUT2D eigenvalue weighted by Gasteiger charge is 2.18. The van der Waals surface area contributed by atoms with E-state index in [0.717, 1.165) is 0 Å². The molecular formula is C8H12Br2O2. The van der Waals surface area contributed by atoms with Crippen molar-refractivity contribution in [3.05, 3.63) is 10.6 Å². The maximum atomic E-state index is 11.3. The molecule has 0 unspecified atom stereocenters. The zero-order chi connectivity index (χ0) is 9.78. The molecule has 70 valence electrons. The summed E-state index contributed by atoms with van der Waals surface area (Å²) in [5.41, 5.74) is 0.144. The van der Waals surface area contributed by atoms with Gasteiger partial charge in [-0.05, 0) is 25.8 Å². The van der Waals surface area contributed by atoms with Crippen LogP contribution in [0.3, 0.4) is 0 Å². The van der Waals surface area contributed by atoms with Crippen molar-refractivity contribution in [2.75, 3.05) is 5.33 Å². The lowest BCUT2D eigenvalue weighted by atomic mass is 10.2. The van der Waals surface area contributed by atoms with Crippen molar-refractivity contribution in [1.82, 2.24) is 0 Å². The van der Waals surface area contributed by atoms with Gasteiger partial charge in [0.1, 0.15) is 5.60 Å². The van der Waals surface area contributed by atoms with Gasteiger partial charge in [-0.1, -0.05) is 31.9 Å². The first-order valence-electron chi connectivity index (χ1n) is 3.49. The van der Waals surface area contributed by atoms with E-state index in [1.54, 1.807) is 4.99 Å². The van der Waals surface area contributed by atoms with Gasteiger partial charge in [-0.25, -0.2) is 4.79 Å². The molecule has 0 spiro atoms. The standard InChI is InChI=1S/C8H12Br2O2/c1-8(2,3)12-7(11)6(4-9)5-10/h4H,5H2,1-3H3/b6-4+. The van der Waals surface area contributed by atoms with Gasteiger partial charge in [0.2, 0.25) is 0 Å². The Hall–Kier alpha value is 0.170. The SMILES string of the molecule is CC(C)(C)OC(=O)/C(=C/Br)CBr. The summed E-state index contributed by atoms with van der Waals surface area (Å²) in [4.78, 5) is 12.8. The molecule has 0 N–H and O–H groups in total. The summed E-state index contributed by atoms with van der Waals surface area (Å²) in [5.74, 6) is -0.295. The third-order valence-corrected chi connectivity index (χ3v) is 2.09. The topological polar surface area (TPSA) is 26.3 Å². The molecule has 0 aliphatic carbocycles. The Morgan fingerprint density at radius 3 is 2.25 bits per heavy atom. The van der Waals surface area contributed by atoms with Gasteiger partial charge in [-0.2, -0.15) is 0 Å². The summed E-state index contributed by atoms with van der Waals surface area (Å²) in [7, 11) is 0. The Labute approximate surface area is 89.6 Å². The molecule has 0 atom stereocenters. The van der Waals surface area contributed by atoms with Crippen LogP contribution in [0.15, 0.2) is 10.6 Å². The highest BCUT2D eigenvalue weighted by Crippen LogP contribution is 2.13. The van der Waals surface area contributed by atoms with Crippen LogP contribution in [0, 0.1) is 0 Å². The summed E-state index contributed by atoms with van der Waals surface area (Å²) in [6.45, 7) is 5.51. The van der Waals surface area contributed by atoms with E-state index in [2.05, 4.69) is 31.9 Å². The van der Waals surface area contributed by atoms with Gasteiger partial charge in [0, 0.05) is 5.33 Å². The van der Waals surface area contributed by atoms with Crippen LogP contribution in [0.1, 0.15) is 20.8 Å². The van der Waals surface area contributed by atoms with Crippen molar-refractivity contribution in [2.24, 2.45) is 0 Å². The van der Waals surface area contributed by atoms with Gasteiger partial charge in [0.15, 0.2) is 0 Å². The number of carbonyl (C=O) groups is 1. The van der Waals surface area contributed by atoms with E-state index in [1.807, 2.05) is 20.8 Å². The number of esters is 1. The van der Waals surface area contributed by atoms with Crippen LogP contribution in [0.25, 0.3) is 0 Å². The first-order chi connectivity index (χ1) is 5.40. The van der Waals surface area contributed by atoms with Crippen LogP contribution in [0.4, 0.5) is 0 Å². The van der Waals surface area contributed by atoms with Gasteiger partial charge >= 0.3 is 5.97 Å². The van der Waals surface area contributed by atoms with Gasteiger partial charge in [0.25, 0.3) is 0 Å². The molecule has 0 aromatic heterocycles. The molecule has 0 aliphatic rings. The number of ether oxygens (including phenoxy) is 1. The Morgan fingerprint density at radius 1 is 1.50 bits per heavy atom. The highest BCUT2D eigenvalue weighted by molar-refractivity contribution is 9.11. The molecule has 0 fully saturated rings. The van der Waals surface area contributed by atoms with Gasteiger partial charge in [-0.3, -0.25) is 0 Å². The average molecular weight is 300 g/mol. The molecule has 0 saturated heterocycles. The normalized spacial score (nSPS) is 12.9. The number of rotatable bonds is 2. The maximum Gasteiger partial charge on any atom is 0.335 e. The van der Waals surface area contributed by atoms with Crippen LogP contribution < -0.4 is 0 Å². The fourth-order valence-corrected chi connectivity index (χ4v) is 1.65. The lowest BCUT2D eigenvalue weighted by Gasteiger charge is -2.19. The molecule has 0 aliphatic heterocycles. The molecule has 0 heterocycles. The zero-order valence-electron chi connectivity index (χ0n) is 7.36. The quantitative estimate of drug-likeness (QED) is 0.445. The van der Waals surface area contributed by atoms with Gasteiger partial charge in [-0.15, -0.1) is 0 Å². The van der Waals surface area contributed by atoms with Crippen LogP contribution in [-0.2, 0) is 9.53 Å². The van der Waals surface area contributed by atoms with Crippen LogP contribution in [0.2, 0.25) is 0 Å². The van der Waals surface area contributed by atoms with Gasteiger partial charge in [0.05, 0.1) is 5.57 Å². The predicted octanol–water partition coefficient (Wildman–Crippen LogP) is 3.00. The lowest BCUT2D eigenvalue weighted by Crippen LogP contribution is -2.25. The van der Waals surface area contributed by atoms with Crippen molar-refractivity contribution >= 4 is 37.8 Å². The van der Waals surface area contributed by atoms with Crippen molar-refractivity contribution in [3.8, 4) is 0 Å². The molecule has 0 saturated carbocycles. The molecule has 0 rings (SSSR count). The number of alkyl halides is 1. The second kappa shape index (κ2) is 5.02. The van der Waals surface area contributed by atoms with Gasteiger partial charge < -0.3 is 4.74 Å². The largest absolute Gasteiger partial charge is 0.457 e. The first-order valence-corrected chi connectivity index (χ1v) is 5.53. The van der Waals surface area contributed by atoms with Crippen LogP contribution in [0.5, 0.6) is 0 Å². The fraction of sp³-hybridized carbons (Fsp3) is 0.625. The zero-order valence-corrected chi connectivity index (χ0v) is 10.5. The van der Waals surface area contributed by atoms with E-state index in [9.17, 15) is 4.79 Å². The molecule has 0 radical (unpaired) electrons. The third-order valence-electron chi connectivity index (χ3n) is 0.937. The first kappa shape index (κ1) is 12.2. The third kappa shape index (κ3) is 4.93. The molecule has 0 aromatic rings. The van der Waals surface area contributed by atoms with E-state index in [1.165, 1.54) is 0 Å². The number of carbonyl (C=O) groups excluding carboxylic acids is 1. The summed E-state index contributed by atoms with van der Waals surface area (Å²) in [6, 6.07) is 0. The predicted molar refractivity (Wildman–Crippen MR) is 56.6 cm³/mol. The van der Waals surface area contributed by atoms with E-state index >= 15 is 0 Å². The van der Waals surface area contributed by atoms with Crippen molar-refractivity contribution in [3.63, 3.8) is 0 Å². The van der Waals surface area contributed by atoms with Crippen molar-refractivity contribution < 1.29 is 9.53 Å². The number of hydrogen-bond donors (Lipinski definition) is 0. The summed E-state index contributed by atoms with van der Waals surface area (Å²) in [6.07, 6.45) is 0. The molecule has 4 heteroatoms. The number of hydrogen-bond acceptors (Lipinski definition) is 2. The molecule has 12 heavy (non-hydrogen) atoms. The summed E-state index contributed by atoms with van der Waals surface area (Å²) in [5, 5.41) is 0.493. The second-order valence-electron chi connectivity index (χ2n) is 3.27. The molecule has 0 aromatic carbocycles. The summed E-state index contributed by atoms with van der Waals surface area (Å²) < 4.78 is 5.11. The highest BCUT2D eigenvalue weighted by atomic mass is 79.9. The lowest BCUT2D eigenvalue weighted by molar-refractivity contribution is -0.149. The Balaban J connectivity index is 4.23. The smallest absolute Gasteiger partial charge is 0.335 e. The minimum Gasteiger partial charge on any atom is -0.457 e. The molecular weight excluding hydrogens is 288 g/mol. The minimum atomic E-state index is -0.430. The minimum absolute atomic E-state index is 0.295. The summed E-state index contributed by atoms with van der Waals surface area (Å²) >= 11 is 6.28. The Bertz CT molecular complexity index is 192. The second-order valence-corrected chi connectivity index (χ2v) is 4.29. The van der Waals surface area contributed by atoms with Crippen molar-refractivity contribution in [1.29, 1.82) is 0 Å². The number of halogens is 2. The monoisotopic (exact) mass is 298 g/mol.